The molecule has 0 aromatic heterocycles. The van der Waals surface area contributed by atoms with E-state index in [1.807, 2.05) is 0 Å². The van der Waals surface area contributed by atoms with Crippen molar-refractivity contribution in [3.05, 3.63) is 63.7 Å². The molecule has 23 heavy (non-hydrogen) atoms. The standard InChI is InChI=1S/C16H13NO5S/c1-10(18)11-3-6-13(7-4-11)22-16(19)12-5-8-15(23-2)14(9-12)17(20)21/h3-9H,1-2H3. The summed E-state index contributed by atoms with van der Waals surface area (Å²) in [7, 11) is 0. The predicted octanol–water partition coefficient (Wildman–Crippen LogP) is 3.74. The van der Waals surface area contributed by atoms with Crippen molar-refractivity contribution in [1.82, 2.24) is 0 Å². The number of carbonyl (C=O) groups is 2. The van der Waals surface area contributed by atoms with Crippen LogP contribution in [0.4, 0.5) is 5.69 Å². The highest BCUT2D eigenvalue weighted by atomic mass is 32.2. The Kier molecular flexibility index (Phi) is 5.13. The second-order valence-electron chi connectivity index (χ2n) is 4.61. The van der Waals surface area contributed by atoms with Gasteiger partial charge in [0.1, 0.15) is 5.75 Å². The van der Waals surface area contributed by atoms with Gasteiger partial charge in [0.25, 0.3) is 5.69 Å². The number of ketones is 1. The van der Waals surface area contributed by atoms with Crippen LogP contribution in [-0.4, -0.2) is 22.9 Å². The van der Waals surface area contributed by atoms with Crippen LogP contribution in [0.5, 0.6) is 5.75 Å². The monoisotopic (exact) mass is 331 g/mol. The minimum atomic E-state index is -0.698. The smallest absolute Gasteiger partial charge is 0.343 e. The molecule has 0 N–H and O–H groups in total. The molecule has 0 fully saturated rings. The van der Waals surface area contributed by atoms with E-state index in [2.05, 4.69) is 0 Å². The highest BCUT2D eigenvalue weighted by molar-refractivity contribution is 7.98. The van der Waals surface area contributed by atoms with Crippen LogP contribution in [0, 0.1) is 10.1 Å². The Morgan fingerprint density at radius 2 is 1.70 bits per heavy atom. The number of rotatable bonds is 5. The molecule has 2 aromatic rings. The number of Topliss-reactive ketones (excluding diaryl/α,β-unsaturated/α-hetero) is 1. The van der Waals surface area contributed by atoms with Crippen LogP contribution in [0.2, 0.25) is 0 Å². The van der Waals surface area contributed by atoms with Gasteiger partial charge in [-0.1, -0.05) is 0 Å². The van der Waals surface area contributed by atoms with Gasteiger partial charge in [0, 0.05) is 11.6 Å². The van der Waals surface area contributed by atoms with Crippen LogP contribution in [-0.2, 0) is 0 Å². The number of nitro benzene ring substituents is 1. The average Bonchev–Trinajstić information content (AvgIpc) is 2.54. The molecule has 0 unspecified atom stereocenters. The zero-order valence-electron chi connectivity index (χ0n) is 12.4. The van der Waals surface area contributed by atoms with E-state index in [1.54, 1.807) is 18.4 Å². The molecule has 2 aromatic carbocycles. The van der Waals surface area contributed by atoms with Gasteiger partial charge >= 0.3 is 5.97 Å². The maximum absolute atomic E-state index is 12.1. The molecule has 0 aliphatic carbocycles. The van der Waals surface area contributed by atoms with Gasteiger partial charge in [-0.3, -0.25) is 14.9 Å². The van der Waals surface area contributed by atoms with Crippen LogP contribution < -0.4 is 4.74 Å². The van der Waals surface area contributed by atoms with Crippen LogP contribution in [0.3, 0.4) is 0 Å². The second kappa shape index (κ2) is 7.06. The highest BCUT2D eigenvalue weighted by Gasteiger charge is 2.18. The van der Waals surface area contributed by atoms with Crippen molar-refractivity contribution < 1.29 is 19.2 Å². The van der Waals surface area contributed by atoms with E-state index in [4.69, 9.17) is 4.74 Å². The lowest BCUT2D eigenvalue weighted by molar-refractivity contribution is -0.387. The Morgan fingerprint density at radius 3 is 2.22 bits per heavy atom. The van der Waals surface area contributed by atoms with Gasteiger partial charge in [-0.15, -0.1) is 11.8 Å². The van der Waals surface area contributed by atoms with Crippen molar-refractivity contribution in [2.45, 2.75) is 11.8 Å². The fourth-order valence-electron chi connectivity index (χ4n) is 1.88. The van der Waals surface area contributed by atoms with Gasteiger partial charge in [-0.05, 0) is 49.6 Å². The molecule has 0 saturated heterocycles. The quantitative estimate of drug-likeness (QED) is 0.207. The van der Waals surface area contributed by atoms with Gasteiger partial charge in [-0.2, -0.15) is 0 Å². The Morgan fingerprint density at radius 1 is 1.09 bits per heavy atom. The summed E-state index contributed by atoms with van der Waals surface area (Å²) in [6.07, 6.45) is 1.72. The summed E-state index contributed by atoms with van der Waals surface area (Å²) in [5.41, 5.74) is 0.453. The maximum Gasteiger partial charge on any atom is 0.343 e. The zero-order chi connectivity index (χ0) is 17.0. The lowest BCUT2D eigenvalue weighted by atomic mass is 10.1. The van der Waals surface area contributed by atoms with Crippen molar-refractivity contribution in [2.75, 3.05) is 6.26 Å². The minimum Gasteiger partial charge on any atom is -0.423 e. The van der Waals surface area contributed by atoms with Crippen LogP contribution >= 0.6 is 11.8 Å². The summed E-state index contributed by atoms with van der Waals surface area (Å²) in [6, 6.07) is 10.3. The summed E-state index contributed by atoms with van der Waals surface area (Å²) in [5.74, 6) is -0.529. The van der Waals surface area contributed by atoms with Crippen LogP contribution in [0.1, 0.15) is 27.6 Å². The highest BCUT2D eigenvalue weighted by Crippen LogP contribution is 2.28. The van der Waals surface area contributed by atoms with Crippen molar-refractivity contribution in [1.29, 1.82) is 0 Å². The number of hydrogen-bond donors (Lipinski definition) is 0. The third-order valence-corrected chi connectivity index (χ3v) is 3.87. The molecular formula is C16H13NO5S. The van der Waals surface area contributed by atoms with Gasteiger partial charge in [0.15, 0.2) is 5.78 Å². The molecule has 6 nitrogen and oxygen atoms in total. The lowest BCUT2D eigenvalue weighted by Gasteiger charge is -2.06. The Balaban J connectivity index is 2.22. The van der Waals surface area contributed by atoms with E-state index in [-0.39, 0.29) is 22.8 Å². The third kappa shape index (κ3) is 3.95. The molecule has 0 aliphatic heterocycles. The van der Waals surface area contributed by atoms with Gasteiger partial charge < -0.3 is 4.74 Å². The minimum absolute atomic E-state index is 0.0881. The molecule has 0 aliphatic rings. The zero-order valence-corrected chi connectivity index (χ0v) is 13.3. The van der Waals surface area contributed by atoms with Crippen molar-refractivity contribution in [3.8, 4) is 5.75 Å². The van der Waals surface area contributed by atoms with E-state index in [0.29, 0.717) is 10.5 Å². The Bertz CT molecular complexity index is 771. The number of ether oxygens (including phenoxy) is 1. The molecule has 0 radical (unpaired) electrons. The first-order valence-electron chi connectivity index (χ1n) is 6.58. The maximum atomic E-state index is 12.1. The lowest BCUT2D eigenvalue weighted by Crippen LogP contribution is -2.09. The molecule has 0 heterocycles. The molecule has 0 bridgehead atoms. The molecule has 0 saturated carbocycles. The predicted molar refractivity (Wildman–Crippen MR) is 86.3 cm³/mol. The molecule has 0 amide bonds. The summed E-state index contributed by atoms with van der Waals surface area (Å²) in [6.45, 7) is 1.44. The summed E-state index contributed by atoms with van der Waals surface area (Å²) >= 11 is 1.23. The fraction of sp³-hybridized carbons (Fsp3) is 0.125. The Hall–Kier alpha value is -2.67. The largest absolute Gasteiger partial charge is 0.423 e. The van der Waals surface area contributed by atoms with E-state index in [1.165, 1.54) is 49.0 Å². The van der Waals surface area contributed by atoms with E-state index < -0.39 is 10.9 Å². The SMILES string of the molecule is CSc1ccc(C(=O)Oc2ccc(C(C)=O)cc2)cc1[N+](=O)[O-]. The molecule has 118 valence electrons. The molecule has 0 spiro atoms. The number of carbonyl (C=O) groups excluding carboxylic acids is 2. The summed E-state index contributed by atoms with van der Waals surface area (Å²) < 4.78 is 5.16. The first-order chi connectivity index (χ1) is 10.9. The van der Waals surface area contributed by atoms with E-state index >= 15 is 0 Å². The van der Waals surface area contributed by atoms with E-state index in [9.17, 15) is 19.7 Å². The molecule has 0 atom stereocenters. The normalized spacial score (nSPS) is 10.2. The molecule has 7 heteroatoms. The fourth-order valence-corrected chi connectivity index (χ4v) is 2.43. The number of benzene rings is 2. The number of esters is 1. The number of thioether (sulfide) groups is 1. The first-order valence-corrected chi connectivity index (χ1v) is 7.80. The van der Waals surface area contributed by atoms with Crippen molar-refractivity contribution in [3.63, 3.8) is 0 Å². The van der Waals surface area contributed by atoms with Gasteiger partial charge in [0.05, 0.1) is 15.4 Å². The van der Waals surface area contributed by atoms with Crippen LogP contribution in [0.15, 0.2) is 47.4 Å². The second-order valence-corrected chi connectivity index (χ2v) is 5.46. The first kappa shape index (κ1) is 16.7. The van der Waals surface area contributed by atoms with Gasteiger partial charge in [-0.25, -0.2) is 4.79 Å². The Labute approximate surface area is 136 Å². The molecular weight excluding hydrogens is 318 g/mol. The van der Waals surface area contributed by atoms with Crippen molar-refractivity contribution in [2.24, 2.45) is 0 Å². The molecule has 2 rings (SSSR count). The van der Waals surface area contributed by atoms with Gasteiger partial charge in [0.2, 0.25) is 0 Å². The average molecular weight is 331 g/mol. The topological polar surface area (TPSA) is 86.5 Å². The number of hydrogen-bond acceptors (Lipinski definition) is 6. The summed E-state index contributed by atoms with van der Waals surface area (Å²) in [5, 5.41) is 11.0. The number of nitro groups is 1. The summed E-state index contributed by atoms with van der Waals surface area (Å²) in [4.78, 5) is 34.2. The van der Waals surface area contributed by atoms with E-state index in [0.717, 1.165) is 0 Å². The third-order valence-electron chi connectivity index (χ3n) is 3.08. The number of nitrogens with zero attached hydrogens (tertiary/aromatic N) is 1. The van der Waals surface area contributed by atoms with Crippen LogP contribution in [0.25, 0.3) is 0 Å². The van der Waals surface area contributed by atoms with Crippen molar-refractivity contribution >= 4 is 29.2 Å².